The molecule has 0 heterocycles. The van der Waals surface area contributed by atoms with Crippen LogP contribution in [-0.4, -0.2) is 44.3 Å². The average molecular weight is 615 g/mol. The Morgan fingerprint density at radius 2 is 1.67 bits per heavy atom. The van der Waals surface area contributed by atoms with Gasteiger partial charge in [0.25, 0.3) is 10.0 Å². The van der Waals surface area contributed by atoms with Crippen LogP contribution in [0.15, 0.2) is 82.2 Å². The number of halogens is 1. The quantitative estimate of drug-likeness (QED) is 0.270. The summed E-state index contributed by atoms with van der Waals surface area (Å²) >= 11 is 3.46. The maximum atomic E-state index is 14.0. The van der Waals surface area contributed by atoms with Crippen molar-refractivity contribution in [3.63, 3.8) is 0 Å². The van der Waals surface area contributed by atoms with Gasteiger partial charge in [-0.3, -0.25) is 13.9 Å². The first-order valence-corrected chi connectivity index (χ1v) is 15.2. The van der Waals surface area contributed by atoms with Crippen molar-refractivity contribution in [2.24, 2.45) is 0 Å². The van der Waals surface area contributed by atoms with Gasteiger partial charge < -0.3 is 10.2 Å². The van der Waals surface area contributed by atoms with Gasteiger partial charge in [0, 0.05) is 17.6 Å². The fraction of sp³-hybridized carbons (Fsp3) is 0.333. The van der Waals surface area contributed by atoms with Crippen molar-refractivity contribution in [3.8, 4) is 0 Å². The second-order valence-corrected chi connectivity index (χ2v) is 12.4. The number of carbonyl (C=O) groups is 2. The van der Waals surface area contributed by atoms with Gasteiger partial charge in [0.1, 0.15) is 12.6 Å². The molecule has 7 nitrogen and oxygen atoms in total. The van der Waals surface area contributed by atoms with Crippen LogP contribution in [0.4, 0.5) is 5.69 Å². The largest absolute Gasteiger partial charge is 0.354 e. The van der Waals surface area contributed by atoms with Gasteiger partial charge in [-0.25, -0.2) is 8.42 Å². The third-order valence-corrected chi connectivity index (χ3v) is 8.78. The Labute approximate surface area is 240 Å². The van der Waals surface area contributed by atoms with Crippen molar-refractivity contribution in [3.05, 3.63) is 94.0 Å². The van der Waals surface area contributed by atoms with E-state index in [0.717, 1.165) is 32.7 Å². The minimum absolute atomic E-state index is 0.0908. The number of para-hydroxylation sites is 1. The number of anilines is 1. The molecule has 0 saturated carbocycles. The van der Waals surface area contributed by atoms with E-state index in [9.17, 15) is 18.0 Å². The molecule has 0 spiro atoms. The summed E-state index contributed by atoms with van der Waals surface area (Å²) in [6.07, 6.45) is 1.76. The van der Waals surface area contributed by atoms with Crippen LogP contribution in [0.2, 0.25) is 0 Å². The number of unbranched alkanes of at least 4 members (excludes halogenated alkanes) is 1. The van der Waals surface area contributed by atoms with Gasteiger partial charge in [0.15, 0.2) is 0 Å². The zero-order valence-corrected chi connectivity index (χ0v) is 25.3. The molecule has 2 amide bonds. The van der Waals surface area contributed by atoms with Gasteiger partial charge in [-0.05, 0) is 68.7 Å². The molecule has 3 aromatic rings. The summed E-state index contributed by atoms with van der Waals surface area (Å²) in [5, 5.41) is 2.90. The van der Waals surface area contributed by atoms with Gasteiger partial charge in [-0.2, -0.15) is 0 Å². The molecule has 1 N–H and O–H groups in total. The van der Waals surface area contributed by atoms with Gasteiger partial charge in [0.05, 0.1) is 10.6 Å². The van der Waals surface area contributed by atoms with Crippen LogP contribution in [0.1, 0.15) is 43.4 Å². The Bertz CT molecular complexity index is 1390. The third-order valence-electron chi connectivity index (χ3n) is 6.51. The number of hydrogen-bond acceptors (Lipinski definition) is 4. The summed E-state index contributed by atoms with van der Waals surface area (Å²) in [5.74, 6) is -0.761. The predicted octanol–water partition coefficient (Wildman–Crippen LogP) is 5.59. The molecule has 0 unspecified atom stereocenters. The minimum atomic E-state index is -4.09. The number of rotatable bonds is 12. The number of amides is 2. The Hall–Kier alpha value is -3.17. The molecule has 0 aliphatic heterocycles. The Balaban J connectivity index is 2.01. The smallest absolute Gasteiger partial charge is 0.264 e. The molecule has 39 heavy (non-hydrogen) atoms. The molecule has 208 valence electrons. The average Bonchev–Trinajstić information content (AvgIpc) is 2.90. The normalized spacial score (nSPS) is 12.0. The van der Waals surface area contributed by atoms with Crippen LogP contribution in [-0.2, 0) is 26.2 Å². The van der Waals surface area contributed by atoms with Gasteiger partial charge in [0.2, 0.25) is 11.8 Å². The molecule has 9 heteroatoms. The maximum Gasteiger partial charge on any atom is 0.264 e. The highest BCUT2D eigenvalue weighted by atomic mass is 79.9. The van der Waals surface area contributed by atoms with Crippen LogP contribution in [0.25, 0.3) is 0 Å². The Kier molecular flexibility index (Phi) is 10.7. The molecule has 0 aliphatic carbocycles. The van der Waals surface area contributed by atoms with E-state index in [2.05, 4.69) is 21.2 Å². The van der Waals surface area contributed by atoms with Crippen molar-refractivity contribution < 1.29 is 18.0 Å². The van der Waals surface area contributed by atoms with E-state index in [1.807, 2.05) is 44.2 Å². The number of carbonyl (C=O) groups excluding carboxylic acids is 2. The molecule has 0 bridgehead atoms. The lowest BCUT2D eigenvalue weighted by Crippen LogP contribution is -2.51. The van der Waals surface area contributed by atoms with Crippen LogP contribution >= 0.6 is 15.9 Å². The molecule has 0 aromatic heterocycles. The molecule has 3 aromatic carbocycles. The lowest BCUT2D eigenvalue weighted by Gasteiger charge is -2.32. The molecular weight excluding hydrogens is 578 g/mol. The molecule has 0 aliphatic rings. The van der Waals surface area contributed by atoms with Crippen LogP contribution < -0.4 is 9.62 Å². The number of aryl methyl sites for hydroxylation is 2. The zero-order valence-electron chi connectivity index (χ0n) is 22.9. The van der Waals surface area contributed by atoms with E-state index < -0.39 is 28.5 Å². The first-order valence-electron chi connectivity index (χ1n) is 13.0. The summed E-state index contributed by atoms with van der Waals surface area (Å²) in [4.78, 5) is 28.5. The zero-order chi connectivity index (χ0) is 28.6. The lowest BCUT2D eigenvalue weighted by molar-refractivity contribution is -0.139. The van der Waals surface area contributed by atoms with Crippen LogP contribution in [0.5, 0.6) is 0 Å². The highest BCUT2D eigenvalue weighted by molar-refractivity contribution is 9.10. The monoisotopic (exact) mass is 613 g/mol. The Morgan fingerprint density at radius 1 is 0.974 bits per heavy atom. The fourth-order valence-electron chi connectivity index (χ4n) is 4.14. The van der Waals surface area contributed by atoms with E-state index in [1.165, 1.54) is 4.90 Å². The van der Waals surface area contributed by atoms with E-state index in [4.69, 9.17) is 0 Å². The molecule has 1 atom stereocenters. The van der Waals surface area contributed by atoms with Gasteiger partial charge >= 0.3 is 0 Å². The lowest BCUT2D eigenvalue weighted by atomic mass is 10.1. The number of nitrogens with one attached hydrogen (secondary N) is 1. The van der Waals surface area contributed by atoms with E-state index >= 15 is 0 Å². The standard InChI is InChI=1S/C30H36BrN3O4S/c1-5-6-18-32-30(36)24(4)33(20-25-11-9-12-26(31)19-25)29(35)21-34(28-13-8-7-10-23(28)3)39(37,38)27-16-14-22(2)15-17-27/h7-17,19,24H,5-6,18,20-21H2,1-4H3,(H,32,36)/t24-/m1/s1. The van der Waals surface area contributed by atoms with Crippen LogP contribution in [0.3, 0.4) is 0 Å². The molecular formula is C30H36BrN3O4S. The third kappa shape index (κ3) is 7.92. The van der Waals surface area contributed by atoms with Gasteiger partial charge in [-0.1, -0.05) is 77.3 Å². The molecule has 0 fully saturated rings. The molecule has 0 saturated heterocycles. The Morgan fingerprint density at radius 3 is 2.31 bits per heavy atom. The summed E-state index contributed by atoms with van der Waals surface area (Å²) < 4.78 is 29.8. The number of hydrogen-bond donors (Lipinski definition) is 1. The second kappa shape index (κ2) is 13.8. The second-order valence-electron chi connectivity index (χ2n) is 9.58. The van der Waals surface area contributed by atoms with Gasteiger partial charge in [-0.15, -0.1) is 0 Å². The number of nitrogens with zero attached hydrogens (tertiary/aromatic N) is 2. The van der Waals surface area contributed by atoms with Crippen molar-refractivity contribution in [1.29, 1.82) is 0 Å². The summed E-state index contributed by atoms with van der Waals surface area (Å²) in [6, 6.07) is 20.3. The number of sulfonamides is 1. The highest BCUT2D eigenvalue weighted by Gasteiger charge is 2.33. The number of benzene rings is 3. The summed E-state index contributed by atoms with van der Waals surface area (Å²) in [5.41, 5.74) is 2.86. The maximum absolute atomic E-state index is 14.0. The topological polar surface area (TPSA) is 86.8 Å². The van der Waals surface area contributed by atoms with E-state index in [1.54, 1.807) is 56.3 Å². The predicted molar refractivity (Wildman–Crippen MR) is 159 cm³/mol. The van der Waals surface area contributed by atoms with E-state index in [-0.39, 0.29) is 17.3 Å². The van der Waals surface area contributed by atoms with Crippen molar-refractivity contribution in [2.45, 2.75) is 58.0 Å². The highest BCUT2D eigenvalue weighted by Crippen LogP contribution is 2.27. The molecule has 3 rings (SSSR count). The first kappa shape index (κ1) is 30.4. The van der Waals surface area contributed by atoms with Crippen molar-refractivity contribution in [1.82, 2.24) is 10.2 Å². The van der Waals surface area contributed by atoms with Crippen molar-refractivity contribution >= 4 is 43.5 Å². The van der Waals surface area contributed by atoms with Crippen LogP contribution in [0, 0.1) is 13.8 Å². The molecule has 0 radical (unpaired) electrons. The summed E-state index contributed by atoms with van der Waals surface area (Å²) in [7, 11) is -4.09. The first-order chi connectivity index (χ1) is 18.5. The van der Waals surface area contributed by atoms with Crippen molar-refractivity contribution in [2.75, 3.05) is 17.4 Å². The van der Waals surface area contributed by atoms with E-state index in [0.29, 0.717) is 17.8 Å². The minimum Gasteiger partial charge on any atom is -0.354 e. The summed E-state index contributed by atoms with van der Waals surface area (Å²) in [6.45, 7) is 7.59. The fourth-order valence-corrected chi connectivity index (χ4v) is 6.07. The SMILES string of the molecule is CCCCNC(=O)[C@@H](C)N(Cc1cccc(Br)c1)C(=O)CN(c1ccccc1C)S(=O)(=O)c1ccc(C)cc1.